The summed E-state index contributed by atoms with van der Waals surface area (Å²) in [5.41, 5.74) is 3.82. The first-order valence-corrected chi connectivity index (χ1v) is 10.2. The van der Waals surface area contributed by atoms with E-state index in [1.165, 1.54) is 5.56 Å². The summed E-state index contributed by atoms with van der Waals surface area (Å²) in [6.07, 6.45) is 1.83. The fraction of sp³-hybridized carbons (Fsp3) is 0.192. The zero-order valence-electron chi connectivity index (χ0n) is 17.4. The molecule has 0 saturated heterocycles. The number of para-hydroxylation sites is 1. The Labute approximate surface area is 177 Å². The second-order valence-corrected chi connectivity index (χ2v) is 7.85. The van der Waals surface area contributed by atoms with Gasteiger partial charge >= 0.3 is 0 Å². The minimum atomic E-state index is -0.449. The van der Waals surface area contributed by atoms with Gasteiger partial charge in [0.05, 0.1) is 6.04 Å². The lowest BCUT2D eigenvalue weighted by atomic mass is 9.95. The van der Waals surface area contributed by atoms with E-state index in [2.05, 4.69) is 41.4 Å². The Morgan fingerprint density at radius 1 is 0.867 bits per heavy atom. The average Bonchev–Trinajstić information content (AvgIpc) is 3.21. The van der Waals surface area contributed by atoms with Crippen molar-refractivity contribution in [2.24, 2.45) is 0 Å². The van der Waals surface area contributed by atoms with E-state index in [-0.39, 0.29) is 11.8 Å². The van der Waals surface area contributed by atoms with Crippen LogP contribution in [0.4, 0.5) is 0 Å². The fourth-order valence-electron chi connectivity index (χ4n) is 3.91. The number of carbonyl (C=O) groups excluding carboxylic acids is 1. The standard InChI is InChI=1S/C26H27N3O/c1-29(2)18-24(19-11-5-3-6-12-19)28-25(20-13-7-4-8-14-20)26(30)22-17-27-23-16-10-9-15-21(22)23/h3-17,24-25,27-28H,18H2,1-2H3. The minimum Gasteiger partial charge on any atom is -0.360 e. The first kappa shape index (κ1) is 20.1. The van der Waals surface area contributed by atoms with Crippen LogP contribution in [-0.4, -0.2) is 36.3 Å². The molecule has 1 aromatic heterocycles. The number of hydrogen-bond donors (Lipinski definition) is 2. The highest BCUT2D eigenvalue weighted by molar-refractivity contribution is 6.10. The van der Waals surface area contributed by atoms with Crippen LogP contribution in [0.1, 0.15) is 33.6 Å². The maximum atomic E-state index is 13.8. The molecule has 4 aromatic rings. The predicted molar refractivity (Wildman–Crippen MR) is 123 cm³/mol. The lowest BCUT2D eigenvalue weighted by Crippen LogP contribution is -2.37. The Bertz CT molecular complexity index is 1100. The molecule has 0 fully saturated rings. The molecule has 0 saturated carbocycles. The van der Waals surface area contributed by atoms with E-state index >= 15 is 0 Å². The largest absolute Gasteiger partial charge is 0.360 e. The molecule has 4 nitrogen and oxygen atoms in total. The third-order valence-corrected chi connectivity index (χ3v) is 5.37. The van der Waals surface area contributed by atoms with Crippen molar-refractivity contribution in [2.45, 2.75) is 12.1 Å². The number of aromatic amines is 1. The molecular formula is C26H27N3O. The summed E-state index contributed by atoms with van der Waals surface area (Å²) in [6, 6.07) is 27.8. The quantitative estimate of drug-likeness (QED) is 0.412. The van der Waals surface area contributed by atoms with E-state index in [0.29, 0.717) is 5.56 Å². The van der Waals surface area contributed by atoms with Crippen LogP contribution in [0.5, 0.6) is 0 Å². The minimum absolute atomic E-state index is 0.0144. The predicted octanol–water partition coefficient (Wildman–Crippen LogP) is 4.98. The van der Waals surface area contributed by atoms with E-state index in [4.69, 9.17) is 0 Å². The Morgan fingerprint density at radius 2 is 1.47 bits per heavy atom. The highest BCUT2D eigenvalue weighted by Crippen LogP contribution is 2.27. The fourth-order valence-corrected chi connectivity index (χ4v) is 3.91. The van der Waals surface area contributed by atoms with E-state index in [0.717, 1.165) is 23.0 Å². The monoisotopic (exact) mass is 397 g/mol. The Hall–Kier alpha value is -3.21. The van der Waals surface area contributed by atoms with Crippen molar-refractivity contribution in [3.05, 3.63) is 108 Å². The molecule has 0 aliphatic heterocycles. The van der Waals surface area contributed by atoms with Crippen LogP contribution in [0.15, 0.2) is 91.1 Å². The van der Waals surface area contributed by atoms with Gasteiger partial charge in [0.2, 0.25) is 0 Å². The molecule has 152 valence electrons. The van der Waals surface area contributed by atoms with Crippen LogP contribution >= 0.6 is 0 Å². The lowest BCUT2D eigenvalue weighted by molar-refractivity contribution is 0.0934. The molecule has 3 aromatic carbocycles. The Morgan fingerprint density at radius 3 is 2.13 bits per heavy atom. The molecule has 0 aliphatic carbocycles. The second-order valence-electron chi connectivity index (χ2n) is 7.85. The van der Waals surface area contributed by atoms with Crippen LogP contribution < -0.4 is 5.32 Å². The average molecular weight is 398 g/mol. The van der Waals surface area contributed by atoms with Crippen LogP contribution in [-0.2, 0) is 0 Å². The van der Waals surface area contributed by atoms with E-state index in [9.17, 15) is 4.79 Å². The summed E-state index contributed by atoms with van der Waals surface area (Å²) < 4.78 is 0. The van der Waals surface area contributed by atoms with Crippen molar-refractivity contribution in [1.29, 1.82) is 0 Å². The van der Waals surface area contributed by atoms with Crippen LogP contribution in [0, 0.1) is 0 Å². The molecule has 0 radical (unpaired) electrons. The number of fused-ring (bicyclic) bond motifs is 1. The number of nitrogens with zero attached hydrogens (tertiary/aromatic N) is 1. The summed E-state index contributed by atoms with van der Waals surface area (Å²) in [7, 11) is 4.10. The Kier molecular flexibility index (Phi) is 6.07. The summed E-state index contributed by atoms with van der Waals surface area (Å²) in [4.78, 5) is 19.2. The van der Waals surface area contributed by atoms with E-state index in [1.807, 2.05) is 79.0 Å². The number of aromatic nitrogens is 1. The highest BCUT2D eigenvalue weighted by atomic mass is 16.1. The molecule has 2 unspecified atom stereocenters. The number of H-pyrrole nitrogens is 1. The molecular weight excluding hydrogens is 370 g/mol. The van der Waals surface area contributed by atoms with Gasteiger partial charge in [-0.2, -0.15) is 0 Å². The summed E-state index contributed by atoms with van der Waals surface area (Å²) in [6.45, 7) is 0.786. The van der Waals surface area contributed by atoms with Gasteiger partial charge in [0.15, 0.2) is 5.78 Å². The number of Topliss-reactive ketones (excluding diaryl/α,β-unsaturated/α-hetero) is 1. The summed E-state index contributed by atoms with van der Waals surface area (Å²) in [5.74, 6) is 0.0679. The maximum absolute atomic E-state index is 13.8. The smallest absolute Gasteiger partial charge is 0.186 e. The van der Waals surface area contributed by atoms with Gasteiger partial charge in [-0.1, -0.05) is 78.9 Å². The van der Waals surface area contributed by atoms with Crippen molar-refractivity contribution in [2.75, 3.05) is 20.6 Å². The van der Waals surface area contributed by atoms with Crippen molar-refractivity contribution in [3.8, 4) is 0 Å². The van der Waals surface area contributed by atoms with Gasteiger partial charge in [0.1, 0.15) is 0 Å². The van der Waals surface area contributed by atoms with Crippen molar-refractivity contribution < 1.29 is 4.79 Å². The van der Waals surface area contributed by atoms with Gasteiger partial charge in [0.25, 0.3) is 0 Å². The van der Waals surface area contributed by atoms with Gasteiger partial charge in [0, 0.05) is 35.2 Å². The van der Waals surface area contributed by atoms with Gasteiger partial charge in [-0.25, -0.2) is 0 Å². The molecule has 30 heavy (non-hydrogen) atoms. The third-order valence-electron chi connectivity index (χ3n) is 5.37. The zero-order chi connectivity index (χ0) is 20.9. The van der Waals surface area contributed by atoms with E-state index < -0.39 is 6.04 Å². The Balaban J connectivity index is 1.73. The van der Waals surface area contributed by atoms with Crippen molar-refractivity contribution in [1.82, 2.24) is 15.2 Å². The molecule has 4 heteroatoms. The molecule has 0 bridgehead atoms. The first-order valence-electron chi connectivity index (χ1n) is 10.2. The lowest BCUT2D eigenvalue weighted by Gasteiger charge is -2.28. The zero-order valence-corrected chi connectivity index (χ0v) is 17.4. The summed E-state index contributed by atoms with van der Waals surface area (Å²) >= 11 is 0. The molecule has 0 aliphatic rings. The number of ketones is 1. The summed E-state index contributed by atoms with van der Waals surface area (Å²) in [5, 5.41) is 4.62. The maximum Gasteiger partial charge on any atom is 0.186 e. The normalized spacial score (nSPS) is 13.4. The molecule has 2 atom stereocenters. The molecule has 4 rings (SSSR count). The van der Waals surface area contributed by atoms with Gasteiger partial charge in [-0.15, -0.1) is 0 Å². The van der Waals surface area contributed by atoms with Crippen LogP contribution in [0.2, 0.25) is 0 Å². The molecule has 0 amide bonds. The molecule has 1 heterocycles. The molecule has 0 spiro atoms. The first-order chi connectivity index (χ1) is 14.6. The molecule has 2 N–H and O–H groups in total. The number of benzene rings is 3. The third kappa shape index (κ3) is 4.35. The van der Waals surface area contributed by atoms with Gasteiger partial charge < -0.3 is 9.88 Å². The van der Waals surface area contributed by atoms with Crippen molar-refractivity contribution >= 4 is 16.7 Å². The van der Waals surface area contributed by atoms with Gasteiger partial charge in [-0.05, 0) is 31.3 Å². The number of hydrogen-bond acceptors (Lipinski definition) is 3. The van der Waals surface area contributed by atoms with E-state index in [1.54, 1.807) is 0 Å². The number of rotatable bonds is 8. The van der Waals surface area contributed by atoms with Crippen LogP contribution in [0.25, 0.3) is 10.9 Å². The number of nitrogens with one attached hydrogen (secondary N) is 2. The topological polar surface area (TPSA) is 48.1 Å². The highest BCUT2D eigenvalue weighted by Gasteiger charge is 2.27. The SMILES string of the molecule is CN(C)CC(NC(C(=O)c1c[nH]c2ccccc12)c1ccccc1)c1ccccc1. The van der Waals surface area contributed by atoms with Crippen LogP contribution in [0.3, 0.4) is 0 Å². The van der Waals surface area contributed by atoms with Gasteiger partial charge in [-0.3, -0.25) is 10.1 Å². The second kappa shape index (κ2) is 9.08. The number of likely N-dealkylation sites (N-methyl/N-ethyl adjacent to an activating group) is 1. The van der Waals surface area contributed by atoms with Crippen molar-refractivity contribution in [3.63, 3.8) is 0 Å². The number of carbonyl (C=O) groups is 1.